The summed E-state index contributed by atoms with van der Waals surface area (Å²) in [5, 5.41) is 2.99. The first-order valence-electron chi connectivity index (χ1n) is 5.49. The van der Waals surface area contributed by atoms with Crippen molar-refractivity contribution in [3.8, 4) is 0 Å². The maximum atomic E-state index is 11.7. The van der Waals surface area contributed by atoms with Crippen molar-refractivity contribution in [3.05, 3.63) is 24.0 Å². The number of methoxy groups -OCH3 is 1. The molecule has 1 fully saturated rings. The molecule has 3 nitrogen and oxygen atoms in total. The molecule has 1 N–H and O–H groups in total. The standard InChI is InChI=1S/C12H17NO2/c1-15-11-6-4-10(5-7-11)12(14)13-8-9-2-3-9/h4,6-7,9-10H,2-3,5,8H2,1H3,(H,13,14). The van der Waals surface area contributed by atoms with E-state index in [0.29, 0.717) is 0 Å². The maximum Gasteiger partial charge on any atom is 0.227 e. The van der Waals surface area contributed by atoms with Crippen LogP contribution in [0.15, 0.2) is 24.0 Å². The van der Waals surface area contributed by atoms with Gasteiger partial charge in [0.25, 0.3) is 0 Å². The first-order chi connectivity index (χ1) is 7.29. The van der Waals surface area contributed by atoms with Gasteiger partial charge in [-0.05, 0) is 37.3 Å². The second-order valence-corrected chi connectivity index (χ2v) is 4.20. The molecule has 0 spiro atoms. The lowest BCUT2D eigenvalue weighted by atomic mass is 9.99. The lowest BCUT2D eigenvalue weighted by molar-refractivity contribution is -0.123. The lowest BCUT2D eigenvalue weighted by Crippen LogP contribution is -2.31. The SMILES string of the molecule is COC1=CCC(C(=O)NCC2CC2)C=C1. The van der Waals surface area contributed by atoms with Crippen molar-refractivity contribution in [2.24, 2.45) is 11.8 Å². The molecule has 0 aromatic heterocycles. The number of hydrogen-bond donors (Lipinski definition) is 1. The van der Waals surface area contributed by atoms with Crippen LogP contribution >= 0.6 is 0 Å². The molecule has 0 aliphatic heterocycles. The molecule has 0 radical (unpaired) electrons. The number of nitrogens with one attached hydrogen (secondary N) is 1. The normalized spacial score (nSPS) is 24.6. The average molecular weight is 207 g/mol. The average Bonchev–Trinajstić information content (AvgIpc) is 3.10. The van der Waals surface area contributed by atoms with E-state index in [4.69, 9.17) is 4.74 Å². The second kappa shape index (κ2) is 4.51. The summed E-state index contributed by atoms with van der Waals surface area (Å²) < 4.78 is 5.07. The van der Waals surface area contributed by atoms with Crippen LogP contribution in [0.4, 0.5) is 0 Å². The molecule has 1 atom stereocenters. The highest BCUT2D eigenvalue weighted by molar-refractivity contribution is 5.81. The molecule has 0 aromatic carbocycles. The number of carbonyl (C=O) groups excluding carboxylic acids is 1. The smallest absolute Gasteiger partial charge is 0.227 e. The Bertz CT molecular complexity index is 303. The summed E-state index contributed by atoms with van der Waals surface area (Å²) in [5.41, 5.74) is 0. The minimum Gasteiger partial charge on any atom is -0.497 e. The van der Waals surface area contributed by atoms with E-state index in [9.17, 15) is 4.79 Å². The summed E-state index contributed by atoms with van der Waals surface area (Å²) >= 11 is 0. The van der Waals surface area contributed by atoms with E-state index in [1.807, 2.05) is 18.2 Å². The van der Waals surface area contributed by atoms with Gasteiger partial charge >= 0.3 is 0 Å². The summed E-state index contributed by atoms with van der Waals surface area (Å²) in [6.07, 6.45) is 9.03. The Morgan fingerprint density at radius 3 is 2.93 bits per heavy atom. The Kier molecular flexibility index (Phi) is 3.09. The minimum absolute atomic E-state index is 0.0114. The van der Waals surface area contributed by atoms with Crippen molar-refractivity contribution >= 4 is 5.91 Å². The van der Waals surface area contributed by atoms with Crippen molar-refractivity contribution in [1.29, 1.82) is 0 Å². The van der Waals surface area contributed by atoms with Crippen LogP contribution in [0, 0.1) is 11.8 Å². The fourth-order valence-corrected chi connectivity index (χ4v) is 1.64. The first kappa shape index (κ1) is 10.3. The van der Waals surface area contributed by atoms with Crippen molar-refractivity contribution < 1.29 is 9.53 Å². The Labute approximate surface area is 90.2 Å². The van der Waals surface area contributed by atoms with Gasteiger partial charge in [-0.3, -0.25) is 4.79 Å². The Morgan fingerprint density at radius 2 is 2.40 bits per heavy atom. The molecule has 1 saturated carbocycles. The van der Waals surface area contributed by atoms with Crippen LogP contribution in [0.3, 0.4) is 0 Å². The molecule has 0 heterocycles. The Hall–Kier alpha value is -1.25. The summed E-state index contributed by atoms with van der Waals surface area (Å²) in [7, 11) is 1.64. The zero-order valence-electron chi connectivity index (χ0n) is 9.03. The lowest BCUT2D eigenvalue weighted by Gasteiger charge is -2.15. The fraction of sp³-hybridized carbons (Fsp3) is 0.583. The third-order valence-corrected chi connectivity index (χ3v) is 2.90. The van der Waals surface area contributed by atoms with Crippen molar-refractivity contribution in [2.75, 3.05) is 13.7 Å². The van der Waals surface area contributed by atoms with E-state index in [1.165, 1.54) is 12.8 Å². The Morgan fingerprint density at radius 1 is 1.60 bits per heavy atom. The van der Waals surface area contributed by atoms with Gasteiger partial charge in [-0.1, -0.05) is 6.08 Å². The van der Waals surface area contributed by atoms with Crippen LogP contribution in [0.1, 0.15) is 19.3 Å². The fourth-order valence-electron chi connectivity index (χ4n) is 1.64. The third-order valence-electron chi connectivity index (χ3n) is 2.90. The molecule has 2 rings (SSSR count). The monoisotopic (exact) mass is 207 g/mol. The predicted molar refractivity (Wildman–Crippen MR) is 58.1 cm³/mol. The number of allylic oxidation sites excluding steroid dienone is 2. The minimum atomic E-state index is -0.0114. The van der Waals surface area contributed by atoms with Gasteiger partial charge in [0, 0.05) is 6.54 Å². The molecule has 0 saturated heterocycles. The van der Waals surface area contributed by atoms with Crippen LogP contribution < -0.4 is 5.32 Å². The highest BCUT2D eigenvalue weighted by Crippen LogP contribution is 2.27. The quantitative estimate of drug-likeness (QED) is 0.760. The molecule has 1 unspecified atom stereocenters. The van der Waals surface area contributed by atoms with Crippen molar-refractivity contribution in [3.63, 3.8) is 0 Å². The van der Waals surface area contributed by atoms with E-state index >= 15 is 0 Å². The largest absolute Gasteiger partial charge is 0.497 e. The van der Waals surface area contributed by atoms with E-state index in [-0.39, 0.29) is 11.8 Å². The van der Waals surface area contributed by atoms with Crippen LogP contribution in [0.5, 0.6) is 0 Å². The van der Waals surface area contributed by atoms with E-state index in [0.717, 1.165) is 24.6 Å². The zero-order chi connectivity index (χ0) is 10.7. The summed E-state index contributed by atoms with van der Waals surface area (Å²) in [6, 6.07) is 0. The van der Waals surface area contributed by atoms with Gasteiger partial charge in [-0.15, -0.1) is 0 Å². The number of carbonyl (C=O) groups is 1. The molecule has 82 valence electrons. The molecular formula is C12H17NO2. The van der Waals surface area contributed by atoms with E-state index in [1.54, 1.807) is 7.11 Å². The van der Waals surface area contributed by atoms with Gasteiger partial charge in [0.1, 0.15) is 5.76 Å². The molecular weight excluding hydrogens is 190 g/mol. The van der Waals surface area contributed by atoms with E-state index in [2.05, 4.69) is 5.32 Å². The third kappa shape index (κ3) is 2.85. The van der Waals surface area contributed by atoms with Crippen LogP contribution in [-0.4, -0.2) is 19.6 Å². The van der Waals surface area contributed by atoms with Crippen molar-refractivity contribution in [1.82, 2.24) is 5.32 Å². The molecule has 2 aliphatic carbocycles. The van der Waals surface area contributed by atoms with Crippen LogP contribution in [0.25, 0.3) is 0 Å². The molecule has 3 heteroatoms. The molecule has 2 aliphatic rings. The van der Waals surface area contributed by atoms with Gasteiger partial charge in [0.15, 0.2) is 0 Å². The van der Waals surface area contributed by atoms with Crippen molar-refractivity contribution in [2.45, 2.75) is 19.3 Å². The summed E-state index contributed by atoms with van der Waals surface area (Å²) in [5.74, 6) is 1.72. The maximum absolute atomic E-state index is 11.7. The van der Waals surface area contributed by atoms with Crippen LogP contribution in [0.2, 0.25) is 0 Å². The van der Waals surface area contributed by atoms with Crippen LogP contribution in [-0.2, 0) is 9.53 Å². The summed E-state index contributed by atoms with van der Waals surface area (Å²) in [6.45, 7) is 0.851. The number of ether oxygens (including phenoxy) is 1. The predicted octanol–water partition coefficient (Wildman–Crippen LogP) is 1.62. The molecule has 15 heavy (non-hydrogen) atoms. The Balaban J connectivity index is 1.77. The summed E-state index contributed by atoms with van der Waals surface area (Å²) in [4.78, 5) is 11.7. The molecule has 0 bridgehead atoms. The molecule has 1 amide bonds. The van der Waals surface area contributed by atoms with Gasteiger partial charge in [0.05, 0.1) is 13.0 Å². The van der Waals surface area contributed by atoms with Gasteiger partial charge in [-0.2, -0.15) is 0 Å². The topological polar surface area (TPSA) is 38.3 Å². The number of hydrogen-bond acceptors (Lipinski definition) is 2. The van der Waals surface area contributed by atoms with Gasteiger partial charge in [0.2, 0.25) is 5.91 Å². The first-order valence-corrected chi connectivity index (χ1v) is 5.49. The highest BCUT2D eigenvalue weighted by Gasteiger charge is 2.23. The molecule has 0 aromatic rings. The van der Waals surface area contributed by atoms with E-state index < -0.39 is 0 Å². The zero-order valence-corrected chi connectivity index (χ0v) is 9.03. The number of amides is 1. The second-order valence-electron chi connectivity index (χ2n) is 4.20. The number of rotatable bonds is 4. The van der Waals surface area contributed by atoms with Gasteiger partial charge < -0.3 is 10.1 Å². The van der Waals surface area contributed by atoms with Gasteiger partial charge in [-0.25, -0.2) is 0 Å². The highest BCUT2D eigenvalue weighted by atomic mass is 16.5.